The van der Waals surface area contributed by atoms with E-state index in [9.17, 15) is 14.4 Å². The lowest BCUT2D eigenvalue weighted by molar-refractivity contribution is -0.141. The molecule has 13 nitrogen and oxygen atoms in total. The molecule has 6 rings (SSSR count). The molecule has 2 aliphatic carbocycles. The molecule has 3 amide bonds. The number of aromatic nitrogens is 2. The first-order valence-electron chi connectivity index (χ1n) is 17.3. The van der Waals surface area contributed by atoms with Crippen LogP contribution in [0.3, 0.4) is 0 Å². The number of primary amides is 1. The van der Waals surface area contributed by atoms with Gasteiger partial charge in [0.1, 0.15) is 48.1 Å². The van der Waals surface area contributed by atoms with Crippen molar-refractivity contribution in [3.05, 3.63) is 29.6 Å². The second-order valence-corrected chi connectivity index (χ2v) is 15.8. The normalized spacial score (nSPS) is 23.4. The van der Waals surface area contributed by atoms with Crippen LogP contribution in [-0.2, 0) is 19.1 Å². The highest BCUT2D eigenvalue weighted by molar-refractivity contribution is 7.14. The van der Waals surface area contributed by atoms with E-state index in [1.54, 1.807) is 7.11 Å². The van der Waals surface area contributed by atoms with E-state index in [4.69, 9.17) is 34.6 Å². The highest BCUT2D eigenvalue weighted by Crippen LogP contribution is 2.52. The number of ether oxygens (including phenoxy) is 4. The summed E-state index contributed by atoms with van der Waals surface area (Å²) in [4.78, 5) is 51.0. The van der Waals surface area contributed by atoms with Crippen LogP contribution in [0.25, 0.3) is 22.3 Å². The predicted molar refractivity (Wildman–Crippen MR) is 190 cm³/mol. The van der Waals surface area contributed by atoms with E-state index < -0.39 is 41.5 Å². The van der Waals surface area contributed by atoms with Crippen LogP contribution in [0.2, 0.25) is 0 Å². The Morgan fingerprint density at radius 3 is 2.46 bits per heavy atom. The van der Waals surface area contributed by atoms with Crippen LogP contribution in [0.4, 0.5) is 9.93 Å². The smallest absolute Gasteiger partial charge is 0.408 e. The molecule has 6 atom stereocenters. The minimum absolute atomic E-state index is 0.0955. The molecular weight excluding hydrogens is 660 g/mol. The zero-order valence-electron chi connectivity index (χ0n) is 29.6. The van der Waals surface area contributed by atoms with Crippen molar-refractivity contribution < 1.29 is 33.3 Å². The number of likely N-dealkylation sites (tertiary alicyclic amines) is 1. The first-order chi connectivity index (χ1) is 23.8. The monoisotopic (exact) mass is 708 g/mol. The summed E-state index contributed by atoms with van der Waals surface area (Å²) in [5.41, 5.74) is 7.10. The summed E-state index contributed by atoms with van der Waals surface area (Å²) in [6.45, 7) is 10.6. The molecule has 1 aliphatic heterocycles. The third kappa shape index (κ3) is 8.23. The number of nitrogens with one attached hydrogen (secondary N) is 2. The van der Waals surface area contributed by atoms with Crippen LogP contribution in [0.15, 0.2) is 29.6 Å². The fraction of sp³-hybridized carbons (Fsp3) is 0.583. The quantitative estimate of drug-likeness (QED) is 0.206. The summed E-state index contributed by atoms with van der Waals surface area (Å²) in [5, 5.41) is 9.58. The predicted octanol–water partition coefficient (Wildman–Crippen LogP) is 4.98. The van der Waals surface area contributed by atoms with Gasteiger partial charge < -0.3 is 40.2 Å². The molecule has 4 N–H and O–H groups in total. The molecule has 14 heteroatoms. The van der Waals surface area contributed by atoms with Crippen molar-refractivity contribution in [1.29, 1.82) is 0 Å². The van der Waals surface area contributed by atoms with Gasteiger partial charge in [-0.25, -0.2) is 14.8 Å². The zero-order chi connectivity index (χ0) is 35.7. The van der Waals surface area contributed by atoms with Crippen LogP contribution in [0.5, 0.6) is 11.5 Å². The standard InChI is InChI=1S/C36H48N6O7S/c1-19(2)38-34-40-28(18-50-34)27-16-30(25-8-7-22(14-26(25)39-27)47-10-9-46-6)48-24-15-29(32(37)43)42(17-24)33(44)31(36(3,4)5)41-35(45)49-23-12-20-11-21(20)13-23/h7-8,14,16,18-21,23-24,29,31H,9-13,15,17H2,1-6H3,(H2,37,43)(H,38,40)(H,41,45)/t20-,21+,23+,24-,29+,31-/m1/s1. The Balaban J connectivity index is 1.24. The fourth-order valence-electron chi connectivity index (χ4n) is 6.89. The molecule has 0 bridgehead atoms. The maximum absolute atomic E-state index is 14.2. The topological polar surface area (TPSA) is 167 Å². The number of carbonyl (C=O) groups is 3. The third-order valence-corrected chi connectivity index (χ3v) is 10.3. The lowest BCUT2D eigenvalue weighted by Gasteiger charge is -2.35. The van der Waals surface area contributed by atoms with E-state index in [0.717, 1.165) is 23.4 Å². The Kier molecular flexibility index (Phi) is 10.4. The van der Waals surface area contributed by atoms with Crippen LogP contribution in [0.1, 0.15) is 60.3 Å². The highest BCUT2D eigenvalue weighted by Gasteiger charge is 2.48. The average Bonchev–Trinajstić information content (AvgIpc) is 3.38. The van der Waals surface area contributed by atoms with Gasteiger partial charge in [-0.05, 0) is 62.5 Å². The molecule has 1 aromatic carbocycles. The van der Waals surface area contributed by atoms with Gasteiger partial charge in [0.25, 0.3) is 0 Å². The Morgan fingerprint density at radius 2 is 1.78 bits per heavy atom. The van der Waals surface area contributed by atoms with Gasteiger partial charge in [-0.3, -0.25) is 9.59 Å². The van der Waals surface area contributed by atoms with Gasteiger partial charge in [-0.2, -0.15) is 0 Å². The second-order valence-electron chi connectivity index (χ2n) is 14.9. The lowest BCUT2D eigenvalue weighted by atomic mass is 9.85. The third-order valence-electron chi connectivity index (χ3n) is 9.50. The largest absolute Gasteiger partial charge is 0.491 e. The van der Waals surface area contributed by atoms with Crippen molar-refractivity contribution in [2.24, 2.45) is 23.0 Å². The van der Waals surface area contributed by atoms with E-state index in [1.165, 1.54) is 22.7 Å². The number of anilines is 1. The van der Waals surface area contributed by atoms with Gasteiger partial charge in [0.05, 0.1) is 24.4 Å². The van der Waals surface area contributed by atoms with Crippen LogP contribution < -0.4 is 25.8 Å². The number of benzene rings is 1. The molecule has 3 fully saturated rings. The van der Waals surface area contributed by atoms with Crippen molar-refractivity contribution in [3.8, 4) is 22.9 Å². The average molecular weight is 709 g/mol. The van der Waals surface area contributed by atoms with Crippen molar-refractivity contribution in [1.82, 2.24) is 20.2 Å². The van der Waals surface area contributed by atoms with Gasteiger partial charge in [0.2, 0.25) is 11.8 Å². The summed E-state index contributed by atoms with van der Waals surface area (Å²) in [5.74, 6) is 1.39. The first-order valence-corrected chi connectivity index (χ1v) is 18.2. The summed E-state index contributed by atoms with van der Waals surface area (Å²) >= 11 is 1.48. The van der Waals surface area contributed by atoms with Gasteiger partial charge in [0.15, 0.2) is 5.13 Å². The lowest BCUT2D eigenvalue weighted by Crippen LogP contribution is -2.57. The molecule has 50 heavy (non-hydrogen) atoms. The van der Waals surface area contributed by atoms with Crippen molar-refractivity contribution >= 4 is 45.3 Å². The van der Waals surface area contributed by atoms with E-state index in [0.29, 0.717) is 53.5 Å². The first kappa shape index (κ1) is 35.6. The van der Waals surface area contributed by atoms with Crippen LogP contribution in [0, 0.1) is 17.3 Å². The molecule has 2 aromatic heterocycles. The van der Waals surface area contributed by atoms with E-state index >= 15 is 0 Å². The second kappa shape index (κ2) is 14.6. The number of hydrogen-bond acceptors (Lipinski definition) is 11. The van der Waals surface area contributed by atoms with Crippen molar-refractivity contribution in [2.75, 3.05) is 32.2 Å². The number of pyridine rings is 1. The maximum Gasteiger partial charge on any atom is 0.408 e. The van der Waals surface area contributed by atoms with E-state index in [1.807, 2.05) is 64.3 Å². The number of nitrogens with zero attached hydrogens (tertiary/aromatic N) is 3. The van der Waals surface area contributed by atoms with Gasteiger partial charge in [-0.1, -0.05) is 20.8 Å². The molecule has 1 saturated heterocycles. The molecule has 3 aliphatic rings. The Labute approximate surface area is 296 Å². The number of nitrogens with two attached hydrogens (primary N) is 1. The van der Waals surface area contributed by atoms with Gasteiger partial charge in [-0.15, -0.1) is 11.3 Å². The van der Waals surface area contributed by atoms with E-state index in [2.05, 4.69) is 10.6 Å². The molecule has 3 aromatic rings. The number of hydrogen-bond donors (Lipinski definition) is 3. The number of alkyl carbamates (subject to hydrolysis) is 1. The van der Waals surface area contributed by atoms with Gasteiger partial charge in [0, 0.05) is 42.5 Å². The minimum Gasteiger partial charge on any atom is -0.491 e. The fourth-order valence-corrected chi connectivity index (χ4v) is 7.74. The molecule has 2 saturated carbocycles. The van der Waals surface area contributed by atoms with Gasteiger partial charge >= 0.3 is 6.09 Å². The number of fused-ring (bicyclic) bond motifs is 2. The molecule has 0 radical (unpaired) electrons. The highest BCUT2D eigenvalue weighted by atomic mass is 32.1. The van der Waals surface area contributed by atoms with Crippen LogP contribution >= 0.6 is 11.3 Å². The molecule has 0 unspecified atom stereocenters. The molecular formula is C36H48N6O7S. The van der Waals surface area contributed by atoms with Crippen molar-refractivity contribution in [3.63, 3.8) is 0 Å². The SMILES string of the molecule is COCCOc1ccc2c(O[C@@H]3C[C@@H](C(N)=O)N(C(=O)[C@@H](NC(=O)O[C@@H]4C[C@@H]5C[C@@H]5C4)C(C)(C)C)C3)cc(-c3csc(NC(C)C)n3)nc2c1. The Morgan fingerprint density at radius 1 is 1.02 bits per heavy atom. The number of thiazole rings is 1. The zero-order valence-corrected chi connectivity index (χ0v) is 30.4. The summed E-state index contributed by atoms with van der Waals surface area (Å²) in [7, 11) is 1.62. The number of rotatable bonds is 13. The summed E-state index contributed by atoms with van der Waals surface area (Å²) in [6.07, 6.45) is 1.80. The maximum atomic E-state index is 14.2. The van der Waals surface area contributed by atoms with Crippen LogP contribution in [-0.4, -0.2) is 90.0 Å². The number of amides is 3. The van der Waals surface area contributed by atoms with E-state index in [-0.39, 0.29) is 25.1 Å². The minimum atomic E-state index is -0.949. The number of carbonyl (C=O) groups excluding carboxylic acids is 3. The Hall–Kier alpha value is -4.17. The van der Waals surface area contributed by atoms with Crippen molar-refractivity contribution in [2.45, 2.75) is 90.6 Å². The Bertz CT molecular complexity index is 1710. The summed E-state index contributed by atoms with van der Waals surface area (Å²) in [6, 6.07) is 5.72. The molecule has 3 heterocycles. The molecule has 0 spiro atoms. The molecule has 270 valence electrons. The number of methoxy groups -OCH3 is 1. The summed E-state index contributed by atoms with van der Waals surface area (Å²) < 4.78 is 23.3.